The molecule has 2 aromatic heterocycles. The summed E-state index contributed by atoms with van der Waals surface area (Å²) < 4.78 is 29.0. The molecule has 182 valence electrons. The third-order valence-corrected chi connectivity index (χ3v) is 5.85. The van der Waals surface area contributed by atoms with Gasteiger partial charge in [-0.1, -0.05) is 0 Å². The van der Waals surface area contributed by atoms with E-state index >= 15 is 0 Å². The van der Waals surface area contributed by atoms with Crippen molar-refractivity contribution in [2.24, 2.45) is 13.0 Å². The van der Waals surface area contributed by atoms with E-state index in [-0.39, 0.29) is 24.3 Å². The molecule has 2 atom stereocenters. The molecule has 3 N–H and O–H groups in total. The Morgan fingerprint density at radius 3 is 2.63 bits per heavy atom. The van der Waals surface area contributed by atoms with Crippen LogP contribution < -0.4 is 16.0 Å². The Balaban J connectivity index is 1.57. The number of nitrogens with zero attached hydrogens (tertiary/aromatic N) is 5. The van der Waals surface area contributed by atoms with Crippen molar-refractivity contribution in [1.82, 2.24) is 24.8 Å². The molecule has 3 aromatic rings. The van der Waals surface area contributed by atoms with E-state index in [0.29, 0.717) is 11.5 Å². The van der Waals surface area contributed by atoms with Crippen LogP contribution in [0.5, 0.6) is 0 Å². The number of pyridine rings is 1. The third kappa shape index (κ3) is 4.67. The van der Waals surface area contributed by atoms with Crippen molar-refractivity contribution in [3.63, 3.8) is 0 Å². The number of imidazole rings is 1. The summed E-state index contributed by atoms with van der Waals surface area (Å²) in [6.07, 6.45) is 4.81. The maximum atomic E-state index is 14.0. The zero-order chi connectivity index (χ0) is 25.3. The van der Waals surface area contributed by atoms with Crippen LogP contribution in [0, 0.1) is 17.6 Å². The van der Waals surface area contributed by atoms with Crippen molar-refractivity contribution in [1.29, 1.82) is 0 Å². The number of anilines is 2. The van der Waals surface area contributed by atoms with Crippen molar-refractivity contribution >= 4 is 29.6 Å². The van der Waals surface area contributed by atoms with Crippen LogP contribution in [0.3, 0.4) is 0 Å². The van der Waals surface area contributed by atoms with Gasteiger partial charge in [0.2, 0.25) is 11.9 Å². The predicted molar refractivity (Wildman–Crippen MR) is 122 cm³/mol. The molecule has 0 bridgehead atoms. The van der Waals surface area contributed by atoms with Gasteiger partial charge in [0.15, 0.2) is 0 Å². The molecule has 1 saturated heterocycles. The minimum atomic E-state index is -1.14. The van der Waals surface area contributed by atoms with Crippen LogP contribution >= 0.6 is 0 Å². The van der Waals surface area contributed by atoms with E-state index in [2.05, 4.69) is 15.3 Å². The van der Waals surface area contributed by atoms with Crippen LogP contribution in [0.4, 0.5) is 25.3 Å². The van der Waals surface area contributed by atoms with Gasteiger partial charge in [-0.2, -0.15) is 0 Å². The number of carbonyl (C=O) groups is 3. The summed E-state index contributed by atoms with van der Waals surface area (Å²) in [5.74, 6) is -2.75. The van der Waals surface area contributed by atoms with E-state index in [1.54, 1.807) is 29.9 Å². The molecule has 1 aromatic carbocycles. The first-order valence-electron chi connectivity index (χ1n) is 10.7. The van der Waals surface area contributed by atoms with Crippen molar-refractivity contribution in [2.75, 3.05) is 17.7 Å². The monoisotopic (exact) mass is 483 g/mol. The number of urea groups is 1. The number of nitrogens with one attached hydrogen (secondary N) is 1. The first-order chi connectivity index (χ1) is 16.7. The quantitative estimate of drug-likeness (QED) is 0.513. The average Bonchev–Trinajstić information content (AvgIpc) is 3.26. The van der Waals surface area contributed by atoms with E-state index < -0.39 is 41.4 Å². The van der Waals surface area contributed by atoms with Gasteiger partial charge in [0.1, 0.15) is 23.5 Å². The number of amides is 4. The number of aromatic nitrogens is 3. The van der Waals surface area contributed by atoms with Crippen LogP contribution in [-0.2, 0) is 29.6 Å². The van der Waals surface area contributed by atoms with Gasteiger partial charge in [-0.25, -0.2) is 23.5 Å². The average molecular weight is 483 g/mol. The number of likely N-dealkylation sites (tertiary alicyclic amines) is 1. The normalized spacial score (nSPS) is 17.1. The fourth-order valence-corrected chi connectivity index (χ4v) is 4.04. The van der Waals surface area contributed by atoms with Gasteiger partial charge in [0.25, 0.3) is 5.91 Å². The van der Waals surface area contributed by atoms with Gasteiger partial charge in [-0.3, -0.25) is 19.4 Å². The molecule has 1 aliphatic rings. The molecule has 0 spiro atoms. The first kappa shape index (κ1) is 23.8. The Morgan fingerprint density at radius 1 is 1.17 bits per heavy atom. The number of hydrogen-bond acceptors (Lipinski definition) is 6. The van der Waals surface area contributed by atoms with Crippen LogP contribution in [-0.4, -0.2) is 50.4 Å². The molecule has 0 aliphatic carbocycles. The second kappa shape index (κ2) is 9.49. The van der Waals surface area contributed by atoms with Crippen LogP contribution in [0.1, 0.15) is 11.1 Å². The molecule has 4 amide bonds. The number of likely N-dealkylation sites (N-methyl/N-ethyl adjacent to an activating group) is 1. The van der Waals surface area contributed by atoms with Crippen molar-refractivity contribution in [3.8, 4) is 0 Å². The summed E-state index contributed by atoms with van der Waals surface area (Å²) in [4.78, 5) is 49.5. The number of hydrogen-bond donors (Lipinski definition) is 2. The first-order valence-corrected chi connectivity index (χ1v) is 10.7. The second-order valence-corrected chi connectivity index (χ2v) is 8.18. The molecule has 12 heteroatoms. The fourth-order valence-electron chi connectivity index (χ4n) is 4.04. The lowest BCUT2D eigenvalue weighted by atomic mass is 9.82. The predicted octanol–water partition coefficient (Wildman–Crippen LogP) is 1.62. The Labute approximate surface area is 199 Å². The van der Waals surface area contributed by atoms with E-state index in [9.17, 15) is 23.2 Å². The molecular formula is C23H23F2N7O3. The molecule has 0 unspecified atom stereocenters. The minimum absolute atomic E-state index is 0.0943. The highest BCUT2D eigenvalue weighted by atomic mass is 19.1. The largest absolute Gasteiger partial charge is 0.384 e. The lowest BCUT2D eigenvalue weighted by Crippen LogP contribution is -2.70. The highest BCUT2D eigenvalue weighted by Gasteiger charge is 2.55. The summed E-state index contributed by atoms with van der Waals surface area (Å²) in [7, 11) is 3.19. The Kier molecular flexibility index (Phi) is 6.45. The fraction of sp³-hybridized carbons (Fsp3) is 0.261. The summed E-state index contributed by atoms with van der Waals surface area (Å²) in [5.41, 5.74) is 6.31. The summed E-state index contributed by atoms with van der Waals surface area (Å²) in [6.45, 7) is -0.367. The molecular weight excluding hydrogens is 460 g/mol. The van der Waals surface area contributed by atoms with Gasteiger partial charge in [0.05, 0.1) is 5.92 Å². The number of nitrogen functional groups attached to an aromatic ring is 1. The van der Waals surface area contributed by atoms with E-state index in [1.807, 2.05) is 0 Å². The van der Waals surface area contributed by atoms with Crippen molar-refractivity contribution in [2.45, 2.75) is 19.0 Å². The van der Waals surface area contributed by atoms with Crippen LogP contribution in [0.15, 0.2) is 48.9 Å². The lowest BCUT2D eigenvalue weighted by Gasteiger charge is -2.45. The maximum Gasteiger partial charge on any atom is 0.325 e. The molecule has 0 saturated carbocycles. The van der Waals surface area contributed by atoms with Gasteiger partial charge in [-0.15, -0.1) is 0 Å². The summed E-state index contributed by atoms with van der Waals surface area (Å²) in [5, 5.41) is 2.40. The number of aryl methyl sites for hydroxylation is 1. The molecule has 10 nitrogen and oxygen atoms in total. The Morgan fingerprint density at radius 2 is 1.94 bits per heavy atom. The summed E-state index contributed by atoms with van der Waals surface area (Å²) >= 11 is 0. The molecule has 3 heterocycles. The number of rotatable bonds is 6. The van der Waals surface area contributed by atoms with Gasteiger partial charge < -0.3 is 15.6 Å². The topological polar surface area (TPSA) is 126 Å². The van der Waals surface area contributed by atoms with Gasteiger partial charge in [-0.05, 0) is 42.3 Å². The maximum absolute atomic E-state index is 14.0. The van der Waals surface area contributed by atoms with Crippen LogP contribution in [0.2, 0.25) is 0 Å². The zero-order valence-electron chi connectivity index (χ0n) is 19.0. The number of imide groups is 1. The van der Waals surface area contributed by atoms with E-state index in [4.69, 9.17) is 5.73 Å². The highest BCUT2D eigenvalue weighted by Crippen LogP contribution is 2.32. The Hall–Kier alpha value is -4.35. The van der Waals surface area contributed by atoms with Gasteiger partial charge in [0, 0.05) is 44.8 Å². The smallest absolute Gasteiger partial charge is 0.325 e. The standard InChI is InChI=1S/C23H23F2N7O3/c1-30-8-7-28-22(30)31(2)21(34)19-16(9-13-5-6-27-18(26)10-13)20(33)32(19)23(35)29-12-14-11-15(24)3-4-17(14)25/h3-8,10-11,16,19H,9,12H2,1-2H3,(H2,26,27)(H,29,35)/t16-,19+/m1/s1. The van der Waals surface area contributed by atoms with E-state index in [1.165, 1.54) is 24.3 Å². The molecule has 35 heavy (non-hydrogen) atoms. The van der Waals surface area contributed by atoms with Gasteiger partial charge >= 0.3 is 6.03 Å². The molecule has 4 rings (SSSR count). The van der Waals surface area contributed by atoms with Crippen molar-refractivity contribution < 1.29 is 23.2 Å². The summed E-state index contributed by atoms with van der Waals surface area (Å²) in [6, 6.07) is 4.07. The molecule has 1 aliphatic heterocycles. The number of β-lactam (4-membered cyclic amide) rings is 1. The molecule has 0 radical (unpaired) electrons. The SMILES string of the molecule is CN(C(=O)[C@@H]1[C@@H](Cc2ccnc(N)c2)C(=O)N1C(=O)NCc1cc(F)ccc1F)c1nccn1C. The lowest BCUT2D eigenvalue weighted by molar-refractivity contribution is -0.156. The third-order valence-electron chi connectivity index (χ3n) is 5.85. The minimum Gasteiger partial charge on any atom is -0.384 e. The second-order valence-electron chi connectivity index (χ2n) is 8.18. The van der Waals surface area contributed by atoms with Crippen molar-refractivity contribution in [3.05, 3.63) is 71.7 Å². The molecule has 1 fully saturated rings. The number of benzene rings is 1. The Bertz CT molecular complexity index is 1300. The highest BCUT2D eigenvalue weighted by molar-refractivity contribution is 6.12. The van der Waals surface area contributed by atoms with Crippen LogP contribution in [0.25, 0.3) is 0 Å². The number of halogens is 2. The number of carbonyl (C=O) groups excluding carboxylic acids is 3. The number of nitrogens with two attached hydrogens (primary N) is 1. The zero-order valence-corrected chi connectivity index (χ0v) is 19.0. The van der Waals surface area contributed by atoms with E-state index in [0.717, 1.165) is 23.1 Å².